The zero-order valence-corrected chi connectivity index (χ0v) is 18.1. The molecule has 0 radical (unpaired) electrons. The number of H-pyrrole nitrogens is 1. The molecule has 7 nitrogen and oxygen atoms in total. The molecule has 2 heterocycles. The maximum Gasteiger partial charge on any atom is 0.247 e. The number of hydrogen-bond acceptors (Lipinski definition) is 4. The van der Waals surface area contributed by atoms with Gasteiger partial charge in [-0.15, -0.1) is 0 Å². The van der Waals surface area contributed by atoms with Gasteiger partial charge in [-0.25, -0.2) is 4.98 Å². The first-order valence-corrected chi connectivity index (χ1v) is 10.6. The quantitative estimate of drug-likeness (QED) is 0.662. The third-order valence-electron chi connectivity index (χ3n) is 5.46. The van der Waals surface area contributed by atoms with Crippen molar-refractivity contribution in [3.63, 3.8) is 0 Å². The topological polar surface area (TPSA) is 91.0 Å². The molecule has 0 aliphatic carbocycles. The lowest BCUT2D eigenvalue weighted by Crippen LogP contribution is -2.50. The smallest absolute Gasteiger partial charge is 0.247 e. The number of nitrogens with zero attached hydrogens (tertiary/aromatic N) is 3. The molecule has 1 aliphatic rings. The van der Waals surface area contributed by atoms with Crippen LogP contribution in [0.2, 0.25) is 0 Å². The molecule has 31 heavy (non-hydrogen) atoms. The largest absolute Gasteiger partial charge is 0.326 e. The molecular formula is C24H27N5O2. The molecule has 2 amide bonds. The molecule has 1 aromatic heterocycles. The van der Waals surface area contributed by atoms with Crippen molar-refractivity contribution in [2.45, 2.75) is 46.2 Å². The minimum absolute atomic E-state index is 0.0139. The number of hydrogen-bond donors (Lipinski definition) is 2. The molecule has 160 valence electrons. The molecular weight excluding hydrogens is 390 g/mol. The van der Waals surface area contributed by atoms with Gasteiger partial charge in [0.1, 0.15) is 11.9 Å². The molecule has 0 fully saturated rings. The summed E-state index contributed by atoms with van der Waals surface area (Å²) in [4.78, 5) is 32.2. The Balaban J connectivity index is 1.52. The van der Waals surface area contributed by atoms with Gasteiger partial charge < -0.3 is 10.2 Å². The summed E-state index contributed by atoms with van der Waals surface area (Å²) in [6.07, 6.45) is 0.942. The van der Waals surface area contributed by atoms with Crippen molar-refractivity contribution in [1.82, 2.24) is 20.1 Å². The Morgan fingerprint density at radius 1 is 1.13 bits per heavy atom. The summed E-state index contributed by atoms with van der Waals surface area (Å²) in [6.45, 7) is 6.34. The lowest BCUT2D eigenvalue weighted by molar-refractivity contribution is -0.140. The van der Waals surface area contributed by atoms with Gasteiger partial charge in [-0.1, -0.05) is 38.1 Å². The molecule has 2 aromatic carbocycles. The lowest BCUT2D eigenvalue weighted by atomic mass is 9.92. The molecule has 0 spiro atoms. The number of fused-ring (bicyclic) bond motifs is 1. The van der Waals surface area contributed by atoms with Crippen LogP contribution in [0.15, 0.2) is 48.5 Å². The summed E-state index contributed by atoms with van der Waals surface area (Å²) >= 11 is 0. The Labute approximate surface area is 181 Å². The van der Waals surface area contributed by atoms with Crippen molar-refractivity contribution >= 4 is 17.5 Å². The molecule has 2 N–H and O–H groups in total. The van der Waals surface area contributed by atoms with Crippen LogP contribution in [-0.2, 0) is 22.6 Å². The average molecular weight is 418 g/mol. The molecule has 1 aliphatic heterocycles. The Morgan fingerprint density at radius 3 is 2.48 bits per heavy atom. The van der Waals surface area contributed by atoms with Gasteiger partial charge in [0.25, 0.3) is 0 Å². The standard InChI is InChI=1S/C24H27N5O2/c1-15(2)12-22(30)29-14-19-7-5-4-6-18(19)13-21(29)24(31)26-20-10-8-17(9-11-20)23-25-16(3)27-28-23/h4-11,15,21H,12-14H2,1-3H3,(H,26,31)(H,25,27,28). The van der Waals surface area contributed by atoms with Crippen molar-refractivity contribution in [2.75, 3.05) is 5.32 Å². The van der Waals surface area contributed by atoms with E-state index in [1.807, 2.05) is 69.3 Å². The Kier molecular flexibility index (Phi) is 5.84. The molecule has 0 saturated carbocycles. The first-order chi connectivity index (χ1) is 14.9. The summed E-state index contributed by atoms with van der Waals surface area (Å²) in [5.74, 6) is 1.44. The highest BCUT2D eigenvalue weighted by molar-refractivity contribution is 5.97. The number of amides is 2. The van der Waals surface area contributed by atoms with Crippen LogP contribution in [0.3, 0.4) is 0 Å². The maximum atomic E-state index is 13.2. The van der Waals surface area contributed by atoms with Gasteiger partial charge >= 0.3 is 0 Å². The van der Waals surface area contributed by atoms with E-state index in [2.05, 4.69) is 20.5 Å². The Morgan fingerprint density at radius 2 is 1.84 bits per heavy atom. The SMILES string of the molecule is Cc1nc(-c2ccc(NC(=O)C3Cc4ccccc4CN3C(=O)CC(C)C)cc2)n[nH]1. The van der Waals surface area contributed by atoms with Crippen molar-refractivity contribution in [2.24, 2.45) is 5.92 Å². The van der Waals surface area contributed by atoms with E-state index in [0.29, 0.717) is 30.9 Å². The van der Waals surface area contributed by atoms with Crippen LogP contribution < -0.4 is 5.32 Å². The monoisotopic (exact) mass is 417 g/mol. The number of anilines is 1. The minimum atomic E-state index is -0.531. The second-order valence-electron chi connectivity index (χ2n) is 8.42. The van der Waals surface area contributed by atoms with E-state index in [1.54, 1.807) is 4.90 Å². The van der Waals surface area contributed by atoms with Crippen LogP contribution in [-0.4, -0.2) is 37.9 Å². The van der Waals surface area contributed by atoms with Gasteiger partial charge in [-0.2, -0.15) is 5.10 Å². The lowest BCUT2D eigenvalue weighted by Gasteiger charge is -2.36. The Bertz CT molecular complexity index is 1090. The van der Waals surface area contributed by atoms with E-state index in [-0.39, 0.29) is 17.7 Å². The van der Waals surface area contributed by atoms with Gasteiger partial charge in [0, 0.05) is 30.6 Å². The fourth-order valence-corrected chi connectivity index (χ4v) is 3.89. The van der Waals surface area contributed by atoms with Crippen molar-refractivity contribution in [1.29, 1.82) is 0 Å². The molecule has 1 unspecified atom stereocenters. The highest BCUT2D eigenvalue weighted by Gasteiger charge is 2.34. The summed E-state index contributed by atoms with van der Waals surface area (Å²) in [7, 11) is 0. The number of rotatable bonds is 5. The van der Waals surface area contributed by atoms with Gasteiger partial charge in [-0.05, 0) is 48.2 Å². The predicted octanol–water partition coefficient (Wildman–Crippen LogP) is 3.72. The zero-order valence-electron chi connectivity index (χ0n) is 18.1. The van der Waals surface area contributed by atoms with Gasteiger partial charge in [0.05, 0.1) is 0 Å². The first kappa shape index (κ1) is 20.8. The van der Waals surface area contributed by atoms with Crippen LogP contribution in [0, 0.1) is 12.8 Å². The van der Waals surface area contributed by atoms with Crippen LogP contribution in [0.5, 0.6) is 0 Å². The average Bonchev–Trinajstić information content (AvgIpc) is 3.19. The number of aromatic amines is 1. The Hall–Kier alpha value is -3.48. The van der Waals surface area contributed by atoms with Gasteiger partial charge in [0.2, 0.25) is 11.8 Å². The summed E-state index contributed by atoms with van der Waals surface area (Å²) in [5.41, 5.74) is 3.76. The third kappa shape index (κ3) is 4.66. The van der Waals surface area contributed by atoms with E-state index in [4.69, 9.17) is 0 Å². The molecule has 4 rings (SSSR count). The fourth-order valence-electron chi connectivity index (χ4n) is 3.89. The number of aryl methyl sites for hydroxylation is 1. The number of aromatic nitrogens is 3. The van der Waals surface area contributed by atoms with Crippen LogP contribution in [0.4, 0.5) is 5.69 Å². The van der Waals surface area contributed by atoms with Crippen molar-refractivity contribution < 1.29 is 9.59 Å². The van der Waals surface area contributed by atoms with Crippen LogP contribution >= 0.6 is 0 Å². The van der Waals surface area contributed by atoms with Crippen LogP contribution in [0.25, 0.3) is 11.4 Å². The second-order valence-corrected chi connectivity index (χ2v) is 8.42. The second kappa shape index (κ2) is 8.71. The van der Waals surface area contributed by atoms with Crippen molar-refractivity contribution in [3.8, 4) is 11.4 Å². The van der Waals surface area contributed by atoms with Gasteiger partial charge in [0.15, 0.2) is 5.82 Å². The molecule has 0 bridgehead atoms. The van der Waals surface area contributed by atoms with E-state index in [0.717, 1.165) is 22.5 Å². The van der Waals surface area contributed by atoms with E-state index in [1.165, 1.54) is 0 Å². The number of benzene rings is 2. The molecule has 0 saturated heterocycles. The predicted molar refractivity (Wildman–Crippen MR) is 119 cm³/mol. The highest BCUT2D eigenvalue weighted by atomic mass is 16.2. The van der Waals surface area contributed by atoms with E-state index < -0.39 is 6.04 Å². The number of carbonyl (C=O) groups excluding carboxylic acids is 2. The molecule has 7 heteroatoms. The first-order valence-electron chi connectivity index (χ1n) is 10.6. The fraction of sp³-hybridized carbons (Fsp3) is 0.333. The molecule has 3 aromatic rings. The summed E-state index contributed by atoms with van der Waals surface area (Å²) in [6, 6.07) is 14.9. The summed E-state index contributed by atoms with van der Waals surface area (Å²) in [5, 5.41) is 9.97. The molecule has 1 atom stereocenters. The van der Waals surface area contributed by atoms with Crippen molar-refractivity contribution in [3.05, 3.63) is 65.5 Å². The number of nitrogens with one attached hydrogen (secondary N) is 2. The van der Waals surface area contributed by atoms with E-state index >= 15 is 0 Å². The third-order valence-corrected chi connectivity index (χ3v) is 5.46. The zero-order chi connectivity index (χ0) is 22.0. The minimum Gasteiger partial charge on any atom is -0.326 e. The highest BCUT2D eigenvalue weighted by Crippen LogP contribution is 2.26. The summed E-state index contributed by atoms with van der Waals surface area (Å²) < 4.78 is 0. The normalized spacial score (nSPS) is 15.6. The van der Waals surface area contributed by atoms with Gasteiger partial charge in [-0.3, -0.25) is 14.7 Å². The maximum absolute atomic E-state index is 13.2. The van der Waals surface area contributed by atoms with Crippen LogP contribution in [0.1, 0.15) is 37.2 Å². The number of carbonyl (C=O) groups is 2. The van der Waals surface area contributed by atoms with E-state index in [9.17, 15) is 9.59 Å².